The maximum atomic E-state index is 13.6. The number of aryl methyl sites for hydroxylation is 1. The topological polar surface area (TPSA) is 81.9 Å². The van der Waals surface area contributed by atoms with Gasteiger partial charge in [-0.25, -0.2) is 4.68 Å². The number of halogens is 3. The number of rotatable bonds is 5. The third-order valence-corrected chi connectivity index (χ3v) is 4.55. The van der Waals surface area contributed by atoms with Crippen LogP contribution in [0, 0.1) is 6.92 Å². The Kier molecular flexibility index (Phi) is 5.13. The fourth-order valence-corrected chi connectivity index (χ4v) is 3.17. The number of methoxy groups -OCH3 is 1. The third kappa shape index (κ3) is 4.08. The van der Waals surface area contributed by atoms with Gasteiger partial charge in [0.15, 0.2) is 11.5 Å². The van der Waals surface area contributed by atoms with Gasteiger partial charge in [-0.15, -0.1) is 21.5 Å². The van der Waals surface area contributed by atoms with Crippen molar-refractivity contribution in [3.63, 3.8) is 0 Å². The Morgan fingerprint density at radius 3 is 2.59 bits per heavy atom. The second kappa shape index (κ2) is 7.35. The van der Waals surface area contributed by atoms with E-state index in [1.807, 2.05) is 13.0 Å². The van der Waals surface area contributed by atoms with Crippen LogP contribution in [0.2, 0.25) is 0 Å². The van der Waals surface area contributed by atoms with Gasteiger partial charge in [-0.1, -0.05) is 0 Å². The molecular weight excluding hydrogens is 383 g/mol. The predicted octanol–water partition coefficient (Wildman–Crippen LogP) is 2.99. The van der Waals surface area contributed by atoms with Gasteiger partial charge in [-0.05, 0) is 25.1 Å². The van der Waals surface area contributed by atoms with E-state index in [0.29, 0.717) is 4.68 Å². The third-order valence-electron chi connectivity index (χ3n) is 3.55. The van der Waals surface area contributed by atoms with Gasteiger partial charge in [-0.3, -0.25) is 4.79 Å². The lowest BCUT2D eigenvalue weighted by atomic mass is 10.2. The van der Waals surface area contributed by atoms with Crippen LogP contribution < -0.4 is 10.1 Å². The smallest absolute Gasteiger partial charge is 0.434 e. The van der Waals surface area contributed by atoms with E-state index in [-0.39, 0.29) is 18.2 Å². The van der Waals surface area contributed by atoms with E-state index >= 15 is 0 Å². The van der Waals surface area contributed by atoms with E-state index in [4.69, 9.17) is 4.74 Å². The van der Waals surface area contributed by atoms with Crippen LogP contribution in [-0.4, -0.2) is 33.0 Å². The second-order valence-corrected chi connectivity index (χ2v) is 6.82. The summed E-state index contributed by atoms with van der Waals surface area (Å²) in [6.45, 7) is 2.03. The normalized spacial score (nSPS) is 11.4. The van der Waals surface area contributed by atoms with E-state index in [1.165, 1.54) is 30.6 Å². The van der Waals surface area contributed by atoms with E-state index in [2.05, 4.69) is 20.6 Å². The van der Waals surface area contributed by atoms with Crippen LogP contribution in [0.4, 0.5) is 13.2 Å². The van der Waals surface area contributed by atoms with E-state index in [9.17, 15) is 18.0 Å². The van der Waals surface area contributed by atoms with E-state index in [1.54, 1.807) is 6.07 Å². The summed E-state index contributed by atoms with van der Waals surface area (Å²) < 4.78 is 46.1. The highest BCUT2D eigenvalue weighted by atomic mass is 32.1. The Bertz CT molecular complexity index is 950. The molecule has 0 aliphatic heterocycles. The van der Waals surface area contributed by atoms with Crippen LogP contribution in [0.25, 0.3) is 5.82 Å². The zero-order valence-corrected chi connectivity index (χ0v) is 15.1. The van der Waals surface area contributed by atoms with Crippen molar-refractivity contribution in [1.29, 1.82) is 0 Å². The van der Waals surface area contributed by atoms with Crippen molar-refractivity contribution in [1.82, 2.24) is 25.3 Å². The molecular formula is C16H14F3N5O2S. The molecule has 7 nitrogen and oxygen atoms in total. The molecule has 0 radical (unpaired) electrons. The first-order chi connectivity index (χ1) is 12.8. The highest BCUT2D eigenvalue weighted by Crippen LogP contribution is 2.33. The van der Waals surface area contributed by atoms with Crippen molar-refractivity contribution >= 4 is 17.2 Å². The van der Waals surface area contributed by atoms with Crippen molar-refractivity contribution in [3.8, 4) is 11.7 Å². The number of amides is 1. The molecule has 0 aromatic carbocycles. The van der Waals surface area contributed by atoms with Gasteiger partial charge in [0.25, 0.3) is 5.91 Å². The SMILES string of the molecule is COc1ccc(-n2ncc(C(=O)NCc3ccc(C)s3)c2C(F)(F)F)nn1. The van der Waals surface area contributed by atoms with Gasteiger partial charge in [0.05, 0.1) is 25.4 Å². The highest BCUT2D eigenvalue weighted by molar-refractivity contribution is 7.11. The summed E-state index contributed by atoms with van der Waals surface area (Å²) in [6, 6.07) is 6.29. The van der Waals surface area contributed by atoms with Gasteiger partial charge in [0.2, 0.25) is 5.88 Å². The predicted molar refractivity (Wildman–Crippen MR) is 90.9 cm³/mol. The number of aromatic nitrogens is 4. The minimum absolute atomic E-state index is 0.127. The summed E-state index contributed by atoms with van der Waals surface area (Å²) in [5, 5.41) is 13.5. The first-order valence-electron chi connectivity index (χ1n) is 7.66. The molecule has 1 amide bonds. The van der Waals surface area contributed by atoms with Crippen LogP contribution in [0.15, 0.2) is 30.5 Å². The second-order valence-electron chi connectivity index (χ2n) is 5.45. The number of thiophene rings is 1. The number of carbonyl (C=O) groups excluding carboxylic acids is 1. The highest BCUT2D eigenvalue weighted by Gasteiger charge is 2.41. The van der Waals surface area contributed by atoms with Crippen molar-refractivity contribution in [3.05, 3.63) is 51.5 Å². The van der Waals surface area contributed by atoms with Gasteiger partial charge in [-0.2, -0.15) is 18.3 Å². The molecule has 0 bridgehead atoms. The number of carbonyl (C=O) groups is 1. The summed E-state index contributed by atoms with van der Waals surface area (Å²) in [4.78, 5) is 14.2. The first-order valence-corrected chi connectivity index (χ1v) is 8.48. The summed E-state index contributed by atoms with van der Waals surface area (Å²) in [6.07, 6.45) is -3.95. The Labute approximate surface area is 155 Å². The molecule has 0 aliphatic carbocycles. The summed E-state index contributed by atoms with van der Waals surface area (Å²) in [5.74, 6) is -0.916. The lowest BCUT2D eigenvalue weighted by Gasteiger charge is -2.12. The Morgan fingerprint density at radius 1 is 1.26 bits per heavy atom. The van der Waals surface area contributed by atoms with Crippen LogP contribution in [0.3, 0.4) is 0 Å². The first kappa shape index (κ1) is 18.8. The zero-order valence-electron chi connectivity index (χ0n) is 14.2. The number of nitrogens with zero attached hydrogens (tertiary/aromatic N) is 4. The molecule has 11 heteroatoms. The average molecular weight is 397 g/mol. The van der Waals surface area contributed by atoms with Crippen LogP contribution in [0.5, 0.6) is 5.88 Å². The molecule has 0 saturated heterocycles. The number of ether oxygens (including phenoxy) is 1. The molecule has 0 spiro atoms. The largest absolute Gasteiger partial charge is 0.480 e. The molecule has 0 saturated carbocycles. The molecule has 0 atom stereocenters. The molecule has 3 aromatic rings. The molecule has 142 valence electrons. The molecule has 1 N–H and O–H groups in total. The van der Waals surface area contributed by atoms with Crippen molar-refractivity contribution in [2.75, 3.05) is 7.11 Å². The maximum absolute atomic E-state index is 13.6. The molecule has 3 aromatic heterocycles. The average Bonchev–Trinajstić information content (AvgIpc) is 3.26. The lowest BCUT2D eigenvalue weighted by molar-refractivity contribution is -0.143. The molecule has 27 heavy (non-hydrogen) atoms. The van der Waals surface area contributed by atoms with Gasteiger partial charge in [0, 0.05) is 15.8 Å². The van der Waals surface area contributed by atoms with Crippen molar-refractivity contribution in [2.45, 2.75) is 19.6 Å². The maximum Gasteiger partial charge on any atom is 0.434 e. The molecule has 3 heterocycles. The summed E-state index contributed by atoms with van der Waals surface area (Å²) in [7, 11) is 1.36. The van der Waals surface area contributed by atoms with Gasteiger partial charge < -0.3 is 10.1 Å². The number of alkyl halides is 3. The van der Waals surface area contributed by atoms with Crippen LogP contribution in [-0.2, 0) is 12.7 Å². The Balaban J connectivity index is 1.90. The standard InChI is InChI=1S/C16H14F3N5O2S/c1-9-3-4-10(27-9)7-20-15(25)11-8-21-24(14(11)16(17,18)19)12-5-6-13(26-2)23-22-12/h3-6,8H,7H2,1-2H3,(H,20,25). The van der Waals surface area contributed by atoms with Crippen molar-refractivity contribution < 1.29 is 22.7 Å². The van der Waals surface area contributed by atoms with Crippen molar-refractivity contribution in [2.24, 2.45) is 0 Å². The lowest BCUT2D eigenvalue weighted by Crippen LogP contribution is -2.26. The quantitative estimate of drug-likeness (QED) is 0.716. The summed E-state index contributed by atoms with van der Waals surface area (Å²) in [5.41, 5.74) is -1.81. The van der Waals surface area contributed by atoms with E-state index < -0.39 is 23.3 Å². The monoisotopic (exact) mass is 397 g/mol. The molecule has 0 unspecified atom stereocenters. The minimum Gasteiger partial charge on any atom is -0.480 e. The fraction of sp³-hybridized carbons (Fsp3) is 0.250. The van der Waals surface area contributed by atoms with Crippen LogP contribution >= 0.6 is 11.3 Å². The zero-order chi connectivity index (χ0) is 19.6. The number of hydrogen-bond donors (Lipinski definition) is 1. The molecule has 0 fully saturated rings. The minimum atomic E-state index is -4.82. The van der Waals surface area contributed by atoms with E-state index in [0.717, 1.165) is 16.0 Å². The molecule has 0 aliphatic rings. The Morgan fingerprint density at radius 2 is 2.04 bits per heavy atom. The van der Waals surface area contributed by atoms with Gasteiger partial charge >= 0.3 is 6.18 Å². The fourth-order valence-electron chi connectivity index (χ4n) is 2.34. The molecule has 3 rings (SSSR count). The van der Waals surface area contributed by atoms with Gasteiger partial charge in [0.1, 0.15) is 0 Å². The van der Waals surface area contributed by atoms with Crippen LogP contribution in [0.1, 0.15) is 25.8 Å². The summed E-state index contributed by atoms with van der Waals surface area (Å²) >= 11 is 1.45. The number of hydrogen-bond acceptors (Lipinski definition) is 6. The number of nitrogens with one attached hydrogen (secondary N) is 1. The Hall–Kier alpha value is -2.95.